The summed E-state index contributed by atoms with van der Waals surface area (Å²) >= 11 is 0. The normalized spacial score (nSPS) is 12.1. The van der Waals surface area contributed by atoms with Crippen molar-refractivity contribution in [3.63, 3.8) is 0 Å². The van der Waals surface area contributed by atoms with Crippen LogP contribution in [0.25, 0.3) is 88.0 Å². The van der Waals surface area contributed by atoms with Gasteiger partial charge >= 0.3 is 0 Å². The summed E-state index contributed by atoms with van der Waals surface area (Å²) < 4.78 is 6.56. The maximum Gasteiger partial charge on any atom is 0.143 e. The van der Waals surface area contributed by atoms with E-state index < -0.39 is 0 Å². The van der Waals surface area contributed by atoms with Crippen LogP contribution in [0.3, 0.4) is 0 Å². The molecular formula is C38H22O. The molecule has 0 saturated carbocycles. The Balaban J connectivity index is 1.23. The zero-order valence-electron chi connectivity index (χ0n) is 21.1. The first kappa shape index (κ1) is 20.9. The lowest BCUT2D eigenvalue weighted by Gasteiger charge is -2.08. The molecule has 1 nitrogen and oxygen atoms in total. The van der Waals surface area contributed by atoms with E-state index in [4.69, 9.17) is 4.42 Å². The first-order valence-corrected chi connectivity index (χ1v) is 13.4. The molecule has 0 radical (unpaired) electrons. The third kappa shape index (κ3) is 2.90. The molecule has 180 valence electrons. The number of hydrogen-bond donors (Lipinski definition) is 0. The maximum absolute atomic E-state index is 6.56. The minimum Gasteiger partial charge on any atom is -0.455 e. The minimum atomic E-state index is 0.916. The van der Waals surface area contributed by atoms with Gasteiger partial charge in [-0.25, -0.2) is 0 Å². The smallest absolute Gasteiger partial charge is 0.143 e. The number of furan rings is 1. The molecule has 0 fully saturated rings. The van der Waals surface area contributed by atoms with E-state index in [0.717, 1.165) is 27.5 Å². The molecule has 1 heterocycles. The molecule has 0 unspecified atom stereocenters. The van der Waals surface area contributed by atoms with E-state index >= 15 is 0 Å². The molecule has 0 atom stereocenters. The predicted molar refractivity (Wildman–Crippen MR) is 164 cm³/mol. The highest BCUT2D eigenvalue weighted by Crippen LogP contribution is 2.49. The lowest BCUT2D eigenvalue weighted by molar-refractivity contribution is 0.670. The summed E-state index contributed by atoms with van der Waals surface area (Å²) in [6.45, 7) is 0. The van der Waals surface area contributed by atoms with Gasteiger partial charge in [0.2, 0.25) is 0 Å². The van der Waals surface area contributed by atoms with Gasteiger partial charge in [-0.05, 0) is 78.7 Å². The van der Waals surface area contributed by atoms with Gasteiger partial charge in [-0.2, -0.15) is 0 Å². The Bertz CT molecular complexity index is 2270. The third-order valence-corrected chi connectivity index (χ3v) is 8.41. The third-order valence-electron chi connectivity index (χ3n) is 8.41. The van der Waals surface area contributed by atoms with Crippen molar-refractivity contribution in [2.24, 2.45) is 0 Å². The van der Waals surface area contributed by atoms with E-state index in [1.165, 1.54) is 60.5 Å². The molecular weight excluding hydrogens is 472 g/mol. The van der Waals surface area contributed by atoms with Gasteiger partial charge in [0.05, 0.1) is 0 Å². The van der Waals surface area contributed by atoms with E-state index in [-0.39, 0.29) is 0 Å². The van der Waals surface area contributed by atoms with Gasteiger partial charge in [0.1, 0.15) is 11.2 Å². The fraction of sp³-hybridized carbons (Fsp3) is 0. The van der Waals surface area contributed by atoms with Crippen LogP contribution in [0, 0.1) is 0 Å². The Morgan fingerprint density at radius 3 is 1.90 bits per heavy atom. The summed E-state index contributed by atoms with van der Waals surface area (Å²) in [5, 5.41) is 7.47. The van der Waals surface area contributed by atoms with Crippen LogP contribution in [0.2, 0.25) is 0 Å². The lowest BCUT2D eigenvalue weighted by Crippen LogP contribution is -1.83. The van der Waals surface area contributed by atoms with Gasteiger partial charge in [0, 0.05) is 16.3 Å². The van der Waals surface area contributed by atoms with Crippen LogP contribution in [0.4, 0.5) is 0 Å². The number of hydrogen-bond acceptors (Lipinski definition) is 1. The minimum absolute atomic E-state index is 0.916. The molecule has 0 saturated heterocycles. The van der Waals surface area contributed by atoms with Crippen LogP contribution in [0.1, 0.15) is 0 Å². The summed E-state index contributed by atoms with van der Waals surface area (Å²) in [7, 11) is 0. The Morgan fingerprint density at radius 1 is 0.359 bits per heavy atom. The van der Waals surface area contributed by atoms with Crippen molar-refractivity contribution in [2.75, 3.05) is 0 Å². The largest absolute Gasteiger partial charge is 0.455 e. The number of fused-ring (bicyclic) bond motifs is 7. The molecule has 9 rings (SSSR count). The average Bonchev–Trinajstić information content (AvgIpc) is 3.53. The summed E-state index contributed by atoms with van der Waals surface area (Å²) in [4.78, 5) is 0. The Hall–Kier alpha value is -5.14. The second kappa shape index (κ2) is 7.69. The quantitative estimate of drug-likeness (QED) is 0.233. The second-order valence-electron chi connectivity index (χ2n) is 10.5. The van der Waals surface area contributed by atoms with Crippen LogP contribution >= 0.6 is 0 Å². The van der Waals surface area contributed by atoms with E-state index in [9.17, 15) is 0 Å². The maximum atomic E-state index is 6.56. The van der Waals surface area contributed by atoms with Crippen molar-refractivity contribution in [2.45, 2.75) is 0 Å². The van der Waals surface area contributed by atoms with E-state index in [1.54, 1.807) is 0 Å². The highest BCUT2D eigenvalue weighted by Gasteiger charge is 2.22. The average molecular weight is 495 g/mol. The van der Waals surface area contributed by atoms with Crippen molar-refractivity contribution < 1.29 is 4.42 Å². The van der Waals surface area contributed by atoms with E-state index in [1.807, 2.05) is 0 Å². The van der Waals surface area contributed by atoms with Crippen molar-refractivity contribution in [3.05, 3.63) is 133 Å². The van der Waals surface area contributed by atoms with Crippen molar-refractivity contribution >= 4 is 43.5 Å². The van der Waals surface area contributed by atoms with Gasteiger partial charge in [-0.15, -0.1) is 0 Å². The highest BCUT2D eigenvalue weighted by atomic mass is 16.3. The Morgan fingerprint density at radius 2 is 1.00 bits per heavy atom. The van der Waals surface area contributed by atoms with Crippen molar-refractivity contribution in [1.29, 1.82) is 0 Å². The van der Waals surface area contributed by atoms with Crippen molar-refractivity contribution in [1.82, 2.24) is 0 Å². The standard InChI is InChI=1S/C38H22O/c1-2-11-27-23(7-1)8-3-12-28(27)25-18-20-36-35(22-25)33-16-6-13-29(38(33)39-36)26-17-19-30-31-14-4-9-24-10-5-15-32(37(24)31)34(30)21-26/h1-22H. The van der Waals surface area contributed by atoms with Gasteiger partial charge in [-0.1, -0.05) is 115 Å². The molecule has 1 aliphatic rings. The molecule has 0 bridgehead atoms. The van der Waals surface area contributed by atoms with Crippen LogP contribution in [0.15, 0.2) is 138 Å². The topological polar surface area (TPSA) is 13.1 Å². The first-order chi connectivity index (χ1) is 19.3. The first-order valence-electron chi connectivity index (χ1n) is 13.4. The van der Waals surface area contributed by atoms with Crippen LogP contribution < -0.4 is 0 Å². The summed E-state index contributed by atoms with van der Waals surface area (Å²) in [5.41, 5.74) is 11.9. The molecule has 0 aliphatic heterocycles. The van der Waals surface area contributed by atoms with E-state index in [0.29, 0.717) is 0 Å². The molecule has 0 amide bonds. The van der Waals surface area contributed by atoms with Gasteiger partial charge in [-0.3, -0.25) is 0 Å². The monoisotopic (exact) mass is 494 g/mol. The Labute approximate surface area is 225 Å². The molecule has 1 aliphatic carbocycles. The van der Waals surface area contributed by atoms with Crippen molar-refractivity contribution in [3.8, 4) is 44.5 Å². The van der Waals surface area contributed by atoms with E-state index in [2.05, 4.69) is 133 Å². The summed E-state index contributed by atoms with van der Waals surface area (Å²) in [5.74, 6) is 0. The zero-order valence-corrected chi connectivity index (χ0v) is 21.1. The van der Waals surface area contributed by atoms with Crippen LogP contribution in [-0.4, -0.2) is 0 Å². The molecule has 1 heteroatoms. The second-order valence-corrected chi connectivity index (χ2v) is 10.5. The van der Waals surface area contributed by atoms with Gasteiger partial charge < -0.3 is 4.42 Å². The molecule has 1 aromatic heterocycles. The molecule has 7 aromatic carbocycles. The van der Waals surface area contributed by atoms with Gasteiger partial charge in [0.25, 0.3) is 0 Å². The number of para-hydroxylation sites is 1. The molecule has 0 N–H and O–H groups in total. The van der Waals surface area contributed by atoms with Crippen LogP contribution in [0.5, 0.6) is 0 Å². The lowest BCUT2D eigenvalue weighted by atomic mass is 9.95. The number of rotatable bonds is 2. The molecule has 8 aromatic rings. The fourth-order valence-electron chi connectivity index (χ4n) is 6.63. The summed E-state index contributed by atoms with van der Waals surface area (Å²) in [6.07, 6.45) is 0. The molecule has 0 spiro atoms. The predicted octanol–water partition coefficient (Wildman–Crippen LogP) is 10.9. The molecule has 39 heavy (non-hydrogen) atoms. The fourth-order valence-corrected chi connectivity index (χ4v) is 6.63. The van der Waals surface area contributed by atoms with Gasteiger partial charge in [0.15, 0.2) is 0 Å². The highest BCUT2D eigenvalue weighted by molar-refractivity contribution is 6.16. The number of benzene rings is 7. The Kier molecular flexibility index (Phi) is 4.11. The SMILES string of the molecule is c1ccc2c(-c3ccc4oc5c(-c6ccc7c(c6)-c6cccc8cccc-7c68)cccc5c4c3)cccc2c1. The zero-order chi connectivity index (χ0) is 25.5. The summed E-state index contributed by atoms with van der Waals surface area (Å²) in [6, 6.07) is 48.3. The van der Waals surface area contributed by atoms with Crippen LogP contribution in [-0.2, 0) is 0 Å².